The molecule has 3 heteroatoms. The van der Waals surface area contributed by atoms with Gasteiger partial charge < -0.3 is 14.1 Å². The lowest BCUT2D eigenvalue weighted by molar-refractivity contribution is 0.274. The number of furan rings is 1. The van der Waals surface area contributed by atoms with Crippen molar-refractivity contribution in [2.24, 2.45) is 0 Å². The fourth-order valence-electron chi connectivity index (χ4n) is 9.40. The second-order valence-electron chi connectivity index (χ2n) is 15.6. The maximum absolute atomic E-state index is 7.10. The Kier molecular flexibility index (Phi) is 7.67. The van der Waals surface area contributed by atoms with E-state index in [2.05, 4.69) is 205 Å². The highest BCUT2D eigenvalue weighted by Gasteiger charge is 2.43. The van der Waals surface area contributed by atoms with E-state index < -0.39 is 0 Å². The van der Waals surface area contributed by atoms with E-state index >= 15 is 0 Å². The van der Waals surface area contributed by atoms with Crippen molar-refractivity contribution in [3.63, 3.8) is 0 Å². The summed E-state index contributed by atoms with van der Waals surface area (Å²) in [4.78, 5) is 2.43. The van der Waals surface area contributed by atoms with E-state index in [0.29, 0.717) is 0 Å². The highest BCUT2D eigenvalue weighted by molar-refractivity contribution is 6.09. The molecule has 3 nitrogen and oxygen atoms in total. The summed E-state index contributed by atoms with van der Waals surface area (Å²) in [6, 6.07) is 71.8. The molecule has 2 unspecified atom stereocenters. The highest BCUT2D eigenvalue weighted by atomic mass is 16.5. The Morgan fingerprint density at radius 1 is 0.390 bits per heavy atom. The Labute approximate surface area is 342 Å². The van der Waals surface area contributed by atoms with Gasteiger partial charge in [0, 0.05) is 39.0 Å². The zero-order valence-corrected chi connectivity index (χ0v) is 32.1. The van der Waals surface area contributed by atoms with Crippen molar-refractivity contribution in [3.05, 3.63) is 229 Å². The van der Waals surface area contributed by atoms with Crippen molar-refractivity contribution in [2.45, 2.75) is 12.0 Å². The van der Waals surface area contributed by atoms with Crippen molar-refractivity contribution in [1.29, 1.82) is 0 Å². The zero-order chi connectivity index (χ0) is 38.9. The van der Waals surface area contributed by atoms with E-state index in [1.54, 1.807) is 0 Å². The summed E-state index contributed by atoms with van der Waals surface area (Å²) in [7, 11) is 0. The van der Waals surface area contributed by atoms with Gasteiger partial charge >= 0.3 is 0 Å². The highest BCUT2D eigenvalue weighted by Crippen LogP contribution is 2.53. The van der Waals surface area contributed by atoms with E-state index in [1.165, 1.54) is 54.9 Å². The zero-order valence-electron chi connectivity index (χ0n) is 32.1. The smallest absolute Gasteiger partial charge is 0.137 e. The first-order valence-corrected chi connectivity index (χ1v) is 20.3. The summed E-state index contributed by atoms with van der Waals surface area (Å²) in [6.07, 6.45) is 4.36. The molecule has 0 spiro atoms. The Morgan fingerprint density at radius 2 is 1.02 bits per heavy atom. The molecule has 2 heterocycles. The lowest BCUT2D eigenvalue weighted by atomic mass is 9.81. The minimum absolute atomic E-state index is 0.0678. The number of ether oxygens (including phenoxy) is 1. The fraction of sp³-hybridized carbons (Fsp3) is 0.0357. The molecule has 0 amide bonds. The summed E-state index contributed by atoms with van der Waals surface area (Å²) < 4.78 is 13.4. The molecule has 2 atom stereocenters. The van der Waals surface area contributed by atoms with Gasteiger partial charge in [0.05, 0.1) is 5.92 Å². The molecule has 0 saturated heterocycles. The van der Waals surface area contributed by atoms with E-state index in [9.17, 15) is 0 Å². The van der Waals surface area contributed by atoms with Crippen LogP contribution in [0.4, 0.5) is 11.4 Å². The number of hydrogen-bond acceptors (Lipinski definition) is 3. The molecule has 0 radical (unpaired) electrons. The third-order valence-corrected chi connectivity index (χ3v) is 12.3. The average Bonchev–Trinajstić information content (AvgIpc) is 3.88. The van der Waals surface area contributed by atoms with Crippen molar-refractivity contribution in [1.82, 2.24) is 0 Å². The van der Waals surface area contributed by atoms with Crippen LogP contribution in [0.15, 0.2) is 222 Å². The molecule has 12 rings (SSSR count). The summed E-state index contributed by atoms with van der Waals surface area (Å²) in [5, 5.41) is 7.24. The number of nitrogens with zero attached hydrogens (tertiary/aromatic N) is 1. The number of para-hydroxylation sites is 1. The molecule has 1 aliphatic carbocycles. The van der Waals surface area contributed by atoms with Gasteiger partial charge in [-0.3, -0.25) is 0 Å². The largest absolute Gasteiger partial charge is 0.484 e. The van der Waals surface area contributed by atoms with E-state index in [0.717, 1.165) is 50.3 Å². The molecular weight excluding hydrogens is 719 g/mol. The van der Waals surface area contributed by atoms with Crippen LogP contribution in [-0.2, 0) is 0 Å². The number of allylic oxidation sites excluding steroid dienone is 2. The first-order chi connectivity index (χ1) is 29.2. The number of hydrogen-bond donors (Lipinski definition) is 0. The third-order valence-electron chi connectivity index (χ3n) is 12.3. The Bertz CT molecular complexity index is 3300. The first kappa shape index (κ1) is 33.5. The molecule has 2 aliphatic rings. The van der Waals surface area contributed by atoms with Gasteiger partial charge in [0.2, 0.25) is 0 Å². The van der Waals surface area contributed by atoms with E-state index in [1.807, 2.05) is 12.1 Å². The van der Waals surface area contributed by atoms with Crippen molar-refractivity contribution < 1.29 is 9.15 Å². The topological polar surface area (TPSA) is 25.6 Å². The van der Waals surface area contributed by atoms with Crippen LogP contribution in [0.3, 0.4) is 0 Å². The standard InChI is InChI=1S/C56H37NO2/c1-3-11-36(12-4-1)41-24-29-49-54(34-41)59-56-47(38-13-5-2-6-14-38)30-31-51(55(49)56)57(44-27-32-53-50(35-44)48-17-9-10-18-52(48)58-53)43-25-21-37(22-26-43)40-23-28-46-42(33-40)20-19-39-15-7-8-16-45(39)46/h1-35,55-56H. The predicted octanol–water partition coefficient (Wildman–Crippen LogP) is 14.9. The van der Waals surface area contributed by atoms with Gasteiger partial charge in [0.25, 0.3) is 0 Å². The van der Waals surface area contributed by atoms with Gasteiger partial charge in [0.15, 0.2) is 0 Å². The van der Waals surface area contributed by atoms with Crippen LogP contribution in [0.2, 0.25) is 0 Å². The van der Waals surface area contributed by atoms with Gasteiger partial charge in [0.1, 0.15) is 23.0 Å². The Balaban J connectivity index is 1.02. The summed E-state index contributed by atoms with van der Waals surface area (Å²) >= 11 is 0. The SMILES string of the molecule is C1=C(c2ccccc2)C2Oc3cc(-c4ccccc4)ccc3C2C(N(c2ccc(-c3ccc4c(ccc5ccccc54)c3)cc2)c2ccc3oc4ccccc4c3c2)=C1. The van der Waals surface area contributed by atoms with Gasteiger partial charge in [-0.25, -0.2) is 0 Å². The van der Waals surface area contributed by atoms with Crippen LogP contribution >= 0.6 is 0 Å². The van der Waals surface area contributed by atoms with Crippen LogP contribution in [-0.4, -0.2) is 6.10 Å². The molecule has 10 aromatic rings. The second-order valence-corrected chi connectivity index (χ2v) is 15.6. The minimum Gasteiger partial charge on any atom is -0.484 e. The number of fused-ring (bicyclic) bond motifs is 9. The summed E-state index contributed by atoms with van der Waals surface area (Å²) in [5.74, 6) is 0.855. The monoisotopic (exact) mass is 755 g/mol. The van der Waals surface area contributed by atoms with Crippen molar-refractivity contribution in [3.8, 4) is 28.0 Å². The van der Waals surface area contributed by atoms with Gasteiger partial charge in [-0.2, -0.15) is 0 Å². The molecule has 1 aliphatic heterocycles. The van der Waals surface area contributed by atoms with Crippen LogP contribution in [0.1, 0.15) is 17.0 Å². The predicted molar refractivity (Wildman–Crippen MR) is 244 cm³/mol. The molecule has 0 bridgehead atoms. The average molecular weight is 756 g/mol. The lowest BCUT2D eigenvalue weighted by Crippen LogP contribution is -2.31. The minimum atomic E-state index is -0.215. The first-order valence-electron chi connectivity index (χ1n) is 20.3. The molecule has 1 aromatic heterocycles. The van der Waals surface area contributed by atoms with E-state index in [-0.39, 0.29) is 12.0 Å². The van der Waals surface area contributed by atoms with Crippen LogP contribution in [0.5, 0.6) is 5.75 Å². The molecule has 0 saturated carbocycles. The molecule has 0 fully saturated rings. The molecule has 278 valence electrons. The summed E-state index contributed by atoms with van der Waals surface area (Å²) in [5.41, 5.74) is 13.2. The van der Waals surface area contributed by atoms with Gasteiger partial charge in [-0.1, -0.05) is 158 Å². The lowest BCUT2D eigenvalue weighted by Gasteiger charge is -2.36. The molecule has 0 N–H and O–H groups in total. The number of anilines is 2. The van der Waals surface area contributed by atoms with Crippen LogP contribution < -0.4 is 9.64 Å². The molecule has 9 aromatic carbocycles. The van der Waals surface area contributed by atoms with Crippen LogP contribution in [0.25, 0.3) is 71.3 Å². The quantitative estimate of drug-likeness (QED) is 0.158. The maximum Gasteiger partial charge on any atom is 0.137 e. The Morgan fingerprint density at radius 3 is 1.86 bits per heavy atom. The fourth-order valence-corrected chi connectivity index (χ4v) is 9.40. The third kappa shape index (κ3) is 5.58. The second kappa shape index (κ2) is 13.5. The maximum atomic E-state index is 7.10. The normalized spacial score (nSPS) is 15.8. The summed E-state index contributed by atoms with van der Waals surface area (Å²) in [6.45, 7) is 0. The van der Waals surface area contributed by atoms with Crippen molar-refractivity contribution in [2.75, 3.05) is 4.90 Å². The van der Waals surface area contributed by atoms with Crippen molar-refractivity contribution >= 4 is 60.4 Å². The number of benzene rings is 9. The van der Waals surface area contributed by atoms with Crippen LogP contribution in [0, 0.1) is 0 Å². The van der Waals surface area contributed by atoms with Gasteiger partial charge in [-0.05, 0) is 104 Å². The van der Waals surface area contributed by atoms with E-state index in [4.69, 9.17) is 9.15 Å². The molecule has 59 heavy (non-hydrogen) atoms. The molecular formula is C56H37NO2. The number of rotatable bonds is 6. The van der Waals surface area contributed by atoms with Gasteiger partial charge in [-0.15, -0.1) is 0 Å². The Hall–Kier alpha value is -7.62.